The second-order valence-electron chi connectivity index (χ2n) is 4.22. The maximum absolute atomic E-state index is 13.4. The highest BCUT2D eigenvalue weighted by Gasteiger charge is 2.13. The Balaban J connectivity index is 2.42. The first-order valence-corrected chi connectivity index (χ1v) is 7.17. The highest BCUT2D eigenvalue weighted by Crippen LogP contribution is 2.24. The predicted molar refractivity (Wildman–Crippen MR) is 77.8 cm³/mol. The lowest BCUT2D eigenvalue weighted by Gasteiger charge is -2.07. The fraction of sp³-hybridized carbons (Fsp3) is 0.267. The van der Waals surface area contributed by atoms with Gasteiger partial charge in [-0.1, -0.05) is 19.4 Å². The van der Waals surface area contributed by atoms with E-state index in [0.717, 1.165) is 17.7 Å². The van der Waals surface area contributed by atoms with Crippen LogP contribution in [0, 0.1) is 5.82 Å². The molecule has 0 aliphatic heterocycles. The number of aromatic hydroxyl groups is 1. The molecule has 0 aliphatic carbocycles. The van der Waals surface area contributed by atoms with E-state index in [9.17, 15) is 9.50 Å². The van der Waals surface area contributed by atoms with Gasteiger partial charge in [-0.3, -0.25) is 4.99 Å². The molecule has 0 saturated heterocycles. The van der Waals surface area contributed by atoms with E-state index in [2.05, 4.69) is 11.9 Å². The van der Waals surface area contributed by atoms with Crippen molar-refractivity contribution in [2.75, 3.05) is 6.54 Å². The molecular formula is C15H16FNOS. The number of halogens is 1. The van der Waals surface area contributed by atoms with E-state index in [1.54, 1.807) is 0 Å². The molecule has 2 rings (SSSR count). The summed E-state index contributed by atoms with van der Waals surface area (Å²) < 4.78 is 13.4. The number of rotatable bonds is 5. The molecule has 1 aromatic heterocycles. The molecule has 0 aliphatic rings. The lowest BCUT2D eigenvalue weighted by Crippen LogP contribution is -2.03. The van der Waals surface area contributed by atoms with Crippen LogP contribution in [0.3, 0.4) is 0 Å². The Morgan fingerprint density at radius 3 is 2.89 bits per heavy atom. The molecule has 1 aromatic carbocycles. The Morgan fingerprint density at radius 2 is 2.21 bits per heavy atom. The van der Waals surface area contributed by atoms with Crippen molar-refractivity contribution in [2.24, 2.45) is 4.99 Å². The molecule has 0 saturated carbocycles. The number of thiophene rings is 1. The van der Waals surface area contributed by atoms with E-state index < -0.39 is 0 Å². The predicted octanol–water partition coefficient (Wildman–Crippen LogP) is 4.23. The van der Waals surface area contributed by atoms with Gasteiger partial charge < -0.3 is 5.11 Å². The van der Waals surface area contributed by atoms with Crippen molar-refractivity contribution in [3.8, 4) is 5.75 Å². The van der Waals surface area contributed by atoms with Crippen LogP contribution in [0.2, 0.25) is 0 Å². The molecule has 4 heteroatoms. The minimum absolute atomic E-state index is 0.0602. The lowest BCUT2D eigenvalue weighted by atomic mass is 10.1. The number of phenolic OH excluding ortho intramolecular Hbond substituents is 1. The lowest BCUT2D eigenvalue weighted by molar-refractivity contribution is 0.472. The molecule has 0 atom stereocenters. The maximum Gasteiger partial charge on any atom is 0.125 e. The van der Waals surface area contributed by atoms with Crippen LogP contribution >= 0.6 is 11.3 Å². The quantitative estimate of drug-likeness (QED) is 0.644. The van der Waals surface area contributed by atoms with Crippen LogP contribution < -0.4 is 0 Å². The van der Waals surface area contributed by atoms with Crippen molar-refractivity contribution in [3.05, 3.63) is 52.0 Å². The van der Waals surface area contributed by atoms with Crippen molar-refractivity contribution >= 4 is 17.0 Å². The number of hydrogen-bond acceptors (Lipinski definition) is 3. The van der Waals surface area contributed by atoms with Crippen LogP contribution in [0.4, 0.5) is 4.39 Å². The molecule has 2 nitrogen and oxygen atoms in total. The molecule has 2 aromatic rings. The molecule has 19 heavy (non-hydrogen) atoms. The SMILES string of the molecule is CCCCN=C(c1cccs1)c1cc(F)ccc1O. The van der Waals surface area contributed by atoms with Gasteiger partial charge in [0.2, 0.25) is 0 Å². The van der Waals surface area contributed by atoms with E-state index in [-0.39, 0.29) is 11.6 Å². The Kier molecular flexibility index (Phi) is 4.68. The first-order chi connectivity index (χ1) is 9.22. The molecule has 0 radical (unpaired) electrons. The van der Waals surface area contributed by atoms with Crippen LogP contribution in [0.15, 0.2) is 40.7 Å². The van der Waals surface area contributed by atoms with Crippen molar-refractivity contribution < 1.29 is 9.50 Å². The number of benzene rings is 1. The molecular weight excluding hydrogens is 261 g/mol. The van der Waals surface area contributed by atoms with Gasteiger partial charge in [0.25, 0.3) is 0 Å². The fourth-order valence-corrected chi connectivity index (χ4v) is 2.50. The minimum atomic E-state index is -0.368. The topological polar surface area (TPSA) is 32.6 Å². The summed E-state index contributed by atoms with van der Waals surface area (Å²) in [5, 5.41) is 11.9. The number of aliphatic imine (C=N–C) groups is 1. The molecule has 1 heterocycles. The number of nitrogens with zero attached hydrogens (tertiary/aromatic N) is 1. The van der Waals surface area contributed by atoms with Crippen molar-refractivity contribution in [1.82, 2.24) is 0 Å². The monoisotopic (exact) mass is 277 g/mol. The average Bonchev–Trinajstić information content (AvgIpc) is 2.92. The van der Waals surface area contributed by atoms with Gasteiger partial charge in [-0.05, 0) is 36.1 Å². The number of unbranched alkanes of at least 4 members (excludes halogenated alkanes) is 1. The molecule has 0 spiro atoms. The Labute approximate surface area is 116 Å². The summed E-state index contributed by atoms with van der Waals surface area (Å²) in [7, 11) is 0. The number of hydrogen-bond donors (Lipinski definition) is 1. The third-order valence-electron chi connectivity index (χ3n) is 2.75. The largest absolute Gasteiger partial charge is 0.507 e. The highest BCUT2D eigenvalue weighted by molar-refractivity contribution is 7.12. The second kappa shape index (κ2) is 6.48. The summed E-state index contributed by atoms with van der Waals surface area (Å²) in [4.78, 5) is 5.47. The van der Waals surface area contributed by atoms with Gasteiger partial charge >= 0.3 is 0 Å². The summed E-state index contributed by atoms with van der Waals surface area (Å²) in [6.07, 6.45) is 2.03. The summed E-state index contributed by atoms with van der Waals surface area (Å²) in [5.74, 6) is -0.308. The highest BCUT2D eigenvalue weighted by atomic mass is 32.1. The normalized spacial score (nSPS) is 11.8. The molecule has 0 bridgehead atoms. The van der Waals surface area contributed by atoms with Gasteiger partial charge in [0.1, 0.15) is 11.6 Å². The van der Waals surface area contributed by atoms with Gasteiger partial charge in [-0.2, -0.15) is 0 Å². The Morgan fingerprint density at radius 1 is 1.37 bits per heavy atom. The smallest absolute Gasteiger partial charge is 0.125 e. The van der Waals surface area contributed by atoms with Crippen LogP contribution in [-0.2, 0) is 0 Å². The van der Waals surface area contributed by atoms with Gasteiger partial charge in [0, 0.05) is 12.1 Å². The fourth-order valence-electron chi connectivity index (χ4n) is 1.76. The van der Waals surface area contributed by atoms with Crippen LogP contribution in [0.1, 0.15) is 30.2 Å². The van der Waals surface area contributed by atoms with Crippen LogP contribution in [0.5, 0.6) is 5.75 Å². The summed E-state index contributed by atoms with van der Waals surface area (Å²) in [6.45, 7) is 2.78. The zero-order valence-electron chi connectivity index (χ0n) is 10.8. The zero-order valence-corrected chi connectivity index (χ0v) is 11.6. The minimum Gasteiger partial charge on any atom is -0.507 e. The van der Waals surface area contributed by atoms with Gasteiger partial charge in [-0.25, -0.2) is 4.39 Å². The van der Waals surface area contributed by atoms with Crippen LogP contribution in [-0.4, -0.2) is 17.4 Å². The molecule has 100 valence electrons. The van der Waals surface area contributed by atoms with Gasteiger partial charge in [0.15, 0.2) is 0 Å². The van der Waals surface area contributed by atoms with E-state index >= 15 is 0 Å². The summed E-state index contributed by atoms with van der Waals surface area (Å²) in [6, 6.07) is 7.80. The average molecular weight is 277 g/mol. The Bertz CT molecular complexity index is 564. The molecule has 0 amide bonds. The van der Waals surface area contributed by atoms with E-state index in [1.807, 2.05) is 17.5 Å². The second-order valence-corrected chi connectivity index (χ2v) is 5.17. The Hall–Kier alpha value is -1.68. The van der Waals surface area contributed by atoms with E-state index in [1.165, 1.54) is 29.5 Å². The third-order valence-corrected chi connectivity index (χ3v) is 3.63. The van der Waals surface area contributed by atoms with Crippen molar-refractivity contribution in [3.63, 3.8) is 0 Å². The van der Waals surface area contributed by atoms with E-state index in [4.69, 9.17) is 0 Å². The molecule has 0 fully saturated rings. The summed E-state index contributed by atoms with van der Waals surface area (Å²) >= 11 is 1.53. The van der Waals surface area contributed by atoms with Crippen molar-refractivity contribution in [2.45, 2.75) is 19.8 Å². The maximum atomic E-state index is 13.4. The van der Waals surface area contributed by atoms with E-state index in [0.29, 0.717) is 17.8 Å². The molecule has 0 unspecified atom stereocenters. The molecule has 1 N–H and O–H groups in total. The number of phenols is 1. The zero-order chi connectivity index (χ0) is 13.7. The summed E-state index contributed by atoms with van der Waals surface area (Å²) in [5.41, 5.74) is 1.12. The third kappa shape index (κ3) is 3.41. The first kappa shape index (κ1) is 13.7. The standard InChI is InChI=1S/C15H16FNOS/c1-2-3-8-17-15(14-5-4-9-19-14)12-10-11(16)6-7-13(12)18/h4-7,9-10,18H,2-3,8H2,1H3. The first-order valence-electron chi connectivity index (χ1n) is 6.29. The van der Waals surface area contributed by atoms with Gasteiger partial charge in [0.05, 0.1) is 10.6 Å². The van der Waals surface area contributed by atoms with Crippen molar-refractivity contribution in [1.29, 1.82) is 0 Å². The van der Waals surface area contributed by atoms with Gasteiger partial charge in [-0.15, -0.1) is 11.3 Å². The van der Waals surface area contributed by atoms with Crippen LogP contribution in [0.25, 0.3) is 0 Å².